The van der Waals surface area contributed by atoms with E-state index in [2.05, 4.69) is 0 Å². The quantitative estimate of drug-likeness (QED) is 0.863. The second-order valence-electron chi connectivity index (χ2n) is 8.18. The number of fused-ring (bicyclic) bond motifs is 2. The zero-order valence-corrected chi connectivity index (χ0v) is 15.5. The van der Waals surface area contributed by atoms with Crippen molar-refractivity contribution in [2.24, 2.45) is 0 Å². The summed E-state index contributed by atoms with van der Waals surface area (Å²) in [5.74, 6) is -1.77. The van der Waals surface area contributed by atoms with Gasteiger partial charge in [0.05, 0.1) is 12.7 Å². The minimum atomic E-state index is -1.46. The van der Waals surface area contributed by atoms with Gasteiger partial charge in [-0.05, 0) is 39.7 Å². The maximum atomic E-state index is 14.1. The molecule has 144 valence electrons. The number of benzene rings is 1. The molecule has 0 aliphatic carbocycles. The first kappa shape index (κ1) is 18.9. The number of carbonyl (C=O) groups is 1. The standard InChI is InChI=1S/C19H25F2NO4/c1-18(2,3)26-17(23)22-12-5-6-13(22)10-19(24,9-12)14-7-11(20)8-15(21)16(14)25-4/h7-8,12-13,24H,5-6,9-10H2,1-4H3. The molecule has 26 heavy (non-hydrogen) atoms. The van der Waals surface area contributed by atoms with Crippen molar-refractivity contribution in [2.45, 2.75) is 69.7 Å². The monoisotopic (exact) mass is 369 g/mol. The van der Waals surface area contributed by atoms with Gasteiger partial charge in [0.15, 0.2) is 11.6 Å². The van der Waals surface area contributed by atoms with Gasteiger partial charge in [0.2, 0.25) is 0 Å². The Bertz CT molecular complexity index is 702. The van der Waals surface area contributed by atoms with E-state index in [1.54, 1.807) is 25.7 Å². The van der Waals surface area contributed by atoms with Crippen LogP contribution < -0.4 is 4.74 Å². The first-order valence-electron chi connectivity index (χ1n) is 8.81. The van der Waals surface area contributed by atoms with Gasteiger partial charge in [-0.2, -0.15) is 0 Å². The fraction of sp³-hybridized carbons (Fsp3) is 0.632. The highest BCUT2D eigenvalue weighted by Crippen LogP contribution is 2.48. The Morgan fingerprint density at radius 1 is 1.23 bits per heavy atom. The smallest absolute Gasteiger partial charge is 0.410 e. The van der Waals surface area contributed by atoms with E-state index in [1.165, 1.54) is 7.11 Å². The predicted molar refractivity (Wildman–Crippen MR) is 90.9 cm³/mol. The van der Waals surface area contributed by atoms with Gasteiger partial charge in [-0.15, -0.1) is 0 Å². The number of nitrogens with zero attached hydrogens (tertiary/aromatic N) is 1. The van der Waals surface area contributed by atoms with Crippen LogP contribution in [0.15, 0.2) is 12.1 Å². The Kier molecular flexibility index (Phi) is 4.63. The fourth-order valence-corrected chi connectivity index (χ4v) is 4.17. The van der Waals surface area contributed by atoms with Crippen LogP contribution in [-0.4, -0.2) is 40.9 Å². The summed E-state index contributed by atoms with van der Waals surface area (Å²) in [5, 5.41) is 11.2. The lowest BCUT2D eigenvalue weighted by molar-refractivity contribution is -0.0637. The summed E-state index contributed by atoms with van der Waals surface area (Å²) in [5.41, 5.74) is -1.98. The molecule has 3 rings (SSSR count). The highest BCUT2D eigenvalue weighted by molar-refractivity contribution is 5.70. The second-order valence-corrected chi connectivity index (χ2v) is 8.18. The van der Waals surface area contributed by atoms with Crippen LogP contribution in [-0.2, 0) is 10.3 Å². The van der Waals surface area contributed by atoms with Crippen molar-refractivity contribution in [2.75, 3.05) is 7.11 Å². The maximum absolute atomic E-state index is 14.1. The van der Waals surface area contributed by atoms with Crippen LogP contribution in [0.25, 0.3) is 0 Å². The summed E-state index contributed by atoms with van der Waals surface area (Å²) in [6, 6.07) is 1.36. The highest BCUT2D eigenvalue weighted by atomic mass is 19.1. The lowest BCUT2D eigenvalue weighted by Crippen LogP contribution is -2.53. The van der Waals surface area contributed by atoms with E-state index in [0.717, 1.165) is 12.1 Å². The summed E-state index contributed by atoms with van der Waals surface area (Å²) >= 11 is 0. The number of rotatable bonds is 2. The molecule has 0 saturated carbocycles. The van der Waals surface area contributed by atoms with Crippen molar-refractivity contribution in [3.8, 4) is 5.75 Å². The number of carbonyl (C=O) groups excluding carboxylic acids is 1. The third kappa shape index (κ3) is 3.37. The average molecular weight is 369 g/mol. The zero-order chi connectivity index (χ0) is 19.3. The molecule has 2 atom stereocenters. The number of methoxy groups -OCH3 is 1. The van der Waals surface area contributed by atoms with Gasteiger partial charge in [-0.1, -0.05) is 0 Å². The van der Waals surface area contributed by atoms with Gasteiger partial charge in [0, 0.05) is 36.6 Å². The molecule has 2 aliphatic rings. The molecule has 1 N–H and O–H groups in total. The molecule has 2 fully saturated rings. The van der Waals surface area contributed by atoms with Crippen LogP contribution in [0.4, 0.5) is 13.6 Å². The van der Waals surface area contributed by atoms with Crippen LogP contribution in [0.3, 0.4) is 0 Å². The largest absolute Gasteiger partial charge is 0.493 e. The topological polar surface area (TPSA) is 59.0 Å². The lowest BCUT2D eigenvalue weighted by atomic mass is 9.80. The molecule has 1 aromatic carbocycles. The van der Waals surface area contributed by atoms with E-state index < -0.39 is 28.9 Å². The molecule has 2 aliphatic heterocycles. The first-order chi connectivity index (χ1) is 12.0. The molecule has 1 amide bonds. The molecule has 2 unspecified atom stereocenters. The van der Waals surface area contributed by atoms with Crippen LogP contribution in [0.2, 0.25) is 0 Å². The van der Waals surface area contributed by atoms with Crippen LogP contribution in [0, 0.1) is 11.6 Å². The summed E-state index contributed by atoms with van der Waals surface area (Å²) in [4.78, 5) is 14.2. The van der Waals surface area contributed by atoms with Gasteiger partial charge in [-0.3, -0.25) is 0 Å². The number of aliphatic hydroxyl groups is 1. The normalized spacial score (nSPS) is 28.2. The van der Waals surface area contributed by atoms with E-state index in [4.69, 9.17) is 9.47 Å². The maximum Gasteiger partial charge on any atom is 0.410 e. The molecule has 0 radical (unpaired) electrons. The van der Waals surface area contributed by atoms with Crippen LogP contribution >= 0.6 is 0 Å². The Balaban J connectivity index is 1.90. The van der Waals surface area contributed by atoms with Gasteiger partial charge >= 0.3 is 6.09 Å². The fourth-order valence-electron chi connectivity index (χ4n) is 4.17. The van der Waals surface area contributed by atoms with Crippen molar-refractivity contribution < 1.29 is 28.2 Å². The highest BCUT2D eigenvalue weighted by Gasteiger charge is 2.52. The lowest BCUT2D eigenvalue weighted by Gasteiger charge is -2.44. The number of ether oxygens (including phenoxy) is 2. The van der Waals surface area contributed by atoms with E-state index in [1.807, 2.05) is 0 Å². The van der Waals surface area contributed by atoms with Crippen molar-refractivity contribution >= 4 is 6.09 Å². The Hall–Kier alpha value is -1.89. The molecule has 1 aromatic rings. The summed E-state index contributed by atoms with van der Waals surface area (Å²) in [7, 11) is 1.29. The Morgan fingerprint density at radius 3 is 2.31 bits per heavy atom. The molecule has 2 heterocycles. The molecule has 2 bridgehead atoms. The van der Waals surface area contributed by atoms with Crippen LogP contribution in [0.5, 0.6) is 5.75 Å². The van der Waals surface area contributed by atoms with E-state index in [-0.39, 0.29) is 36.2 Å². The van der Waals surface area contributed by atoms with Crippen molar-refractivity contribution in [3.05, 3.63) is 29.3 Å². The summed E-state index contributed by atoms with van der Waals surface area (Å²) in [6.45, 7) is 5.40. The minimum Gasteiger partial charge on any atom is -0.493 e. The van der Waals surface area contributed by atoms with Gasteiger partial charge in [-0.25, -0.2) is 13.6 Å². The minimum absolute atomic E-state index is 0.0956. The number of halogens is 2. The zero-order valence-electron chi connectivity index (χ0n) is 15.5. The number of piperidine rings is 1. The van der Waals surface area contributed by atoms with Crippen molar-refractivity contribution in [3.63, 3.8) is 0 Å². The number of hydrogen-bond donors (Lipinski definition) is 1. The van der Waals surface area contributed by atoms with Gasteiger partial charge < -0.3 is 19.5 Å². The van der Waals surface area contributed by atoms with Crippen LogP contribution in [0.1, 0.15) is 52.0 Å². The summed E-state index contributed by atoms with van der Waals surface area (Å²) < 4.78 is 38.4. The Morgan fingerprint density at radius 2 is 1.81 bits per heavy atom. The molecule has 2 saturated heterocycles. The molecule has 0 spiro atoms. The molecule has 5 nitrogen and oxygen atoms in total. The number of hydrogen-bond acceptors (Lipinski definition) is 4. The molecular weight excluding hydrogens is 344 g/mol. The predicted octanol–water partition coefficient (Wildman–Crippen LogP) is 3.72. The van der Waals surface area contributed by atoms with E-state index in [0.29, 0.717) is 12.8 Å². The second kappa shape index (κ2) is 6.37. The van der Waals surface area contributed by atoms with Gasteiger partial charge in [0.25, 0.3) is 0 Å². The third-order valence-corrected chi connectivity index (χ3v) is 5.08. The third-order valence-electron chi connectivity index (χ3n) is 5.08. The molecule has 0 aromatic heterocycles. The number of amides is 1. The molecule has 7 heteroatoms. The summed E-state index contributed by atoms with van der Waals surface area (Å²) in [6.07, 6.45) is 1.38. The molecular formula is C19H25F2NO4. The average Bonchev–Trinajstić information content (AvgIpc) is 2.78. The Labute approximate surface area is 151 Å². The van der Waals surface area contributed by atoms with Crippen molar-refractivity contribution in [1.82, 2.24) is 4.90 Å². The first-order valence-corrected chi connectivity index (χ1v) is 8.81. The van der Waals surface area contributed by atoms with Gasteiger partial charge in [0.1, 0.15) is 11.4 Å². The van der Waals surface area contributed by atoms with E-state index in [9.17, 15) is 18.7 Å². The van der Waals surface area contributed by atoms with E-state index >= 15 is 0 Å². The van der Waals surface area contributed by atoms with Crippen molar-refractivity contribution in [1.29, 1.82) is 0 Å². The SMILES string of the molecule is COc1c(F)cc(F)cc1C1(O)CC2CCC(C1)N2C(=O)OC(C)(C)C.